The summed E-state index contributed by atoms with van der Waals surface area (Å²) in [5.74, 6) is -4.56. The van der Waals surface area contributed by atoms with Crippen molar-refractivity contribution in [2.75, 3.05) is 43.5 Å². The number of carbonyl (C=O) groups excluding carboxylic acids is 3. The number of aromatic nitrogens is 4. The Kier molecular flexibility index (Phi) is 18.7. The molecule has 0 aliphatic carbocycles. The zero-order valence-corrected chi connectivity index (χ0v) is 35.5. The zero-order chi connectivity index (χ0) is 45.9. The van der Waals surface area contributed by atoms with Crippen molar-refractivity contribution in [3.8, 4) is 0 Å². The molecule has 1 fully saturated rings. The van der Waals surface area contributed by atoms with Crippen LogP contribution in [0.1, 0.15) is 39.3 Å². The minimum atomic E-state index is -5.61. The number of aliphatic hydroxyl groups excluding tert-OH is 2. The molecule has 61 heavy (non-hydrogen) atoms. The Bertz CT molecular complexity index is 2040. The molecule has 8 atom stereocenters. The number of hydrogen-bond acceptors (Lipinski definition) is 20. The molecule has 1 aliphatic heterocycles. The molecular formula is C28H45N8O21P3S. The van der Waals surface area contributed by atoms with Crippen molar-refractivity contribution in [2.24, 2.45) is 5.41 Å². The lowest BCUT2D eigenvalue weighted by Gasteiger charge is -2.30. The predicted octanol–water partition coefficient (Wildman–Crippen LogP) is -2.43. The fourth-order valence-electron chi connectivity index (χ4n) is 5.11. The largest absolute Gasteiger partial charge is 0.481 e. The number of carboxylic acids is 2. The number of aliphatic hydroxyl groups is 2. The van der Waals surface area contributed by atoms with Gasteiger partial charge in [0.1, 0.15) is 42.3 Å². The van der Waals surface area contributed by atoms with Gasteiger partial charge in [-0.2, -0.15) is 16.1 Å². The van der Waals surface area contributed by atoms with E-state index < -0.39 is 115 Å². The number of rotatable bonds is 26. The van der Waals surface area contributed by atoms with Crippen molar-refractivity contribution in [3.05, 3.63) is 12.7 Å². The van der Waals surface area contributed by atoms with Crippen LogP contribution in [-0.2, 0) is 60.3 Å². The molecule has 13 N–H and O–H groups in total. The second kappa shape index (κ2) is 22.1. The molecule has 2 aromatic rings. The lowest BCUT2D eigenvalue weighted by molar-refractivity contribution is -0.147. The van der Waals surface area contributed by atoms with Gasteiger partial charge in [-0.15, -0.1) is 0 Å². The molecule has 3 heterocycles. The van der Waals surface area contributed by atoms with Gasteiger partial charge >= 0.3 is 35.4 Å². The third kappa shape index (κ3) is 16.5. The Morgan fingerprint density at radius 1 is 0.967 bits per heavy atom. The van der Waals surface area contributed by atoms with E-state index >= 15 is 0 Å². The van der Waals surface area contributed by atoms with Crippen LogP contribution in [0.3, 0.4) is 0 Å². The number of carboxylic acid groups (broad SMARTS) is 2. The number of imidazole rings is 1. The number of nitrogens with two attached hydrogens (primary N) is 1. The Balaban J connectivity index is 1.42. The molecule has 33 heteroatoms. The van der Waals surface area contributed by atoms with Crippen molar-refractivity contribution in [2.45, 2.75) is 69.8 Å². The lowest BCUT2D eigenvalue weighted by Crippen LogP contribution is -2.46. The van der Waals surface area contributed by atoms with E-state index in [0.717, 1.165) is 17.2 Å². The van der Waals surface area contributed by atoms with E-state index in [1.807, 2.05) is 0 Å². The molecule has 8 unspecified atom stereocenters. The highest BCUT2D eigenvalue weighted by molar-refractivity contribution is 7.99. The van der Waals surface area contributed by atoms with E-state index in [-0.39, 0.29) is 48.7 Å². The van der Waals surface area contributed by atoms with Crippen LogP contribution in [0.15, 0.2) is 12.7 Å². The monoisotopic (exact) mass is 954 g/mol. The SMILES string of the molecule is CC(C)(COP(=O)(O)OP(=O)(O)OCC1OC(n2cnc3c(N)ncnc32)C(O)C1OP(=O)(O)O)C(O)C(=O)NCCC(=O)NCCSCCC(=O)NC(CC(=O)O)C(=O)O. The van der Waals surface area contributed by atoms with Gasteiger partial charge < -0.3 is 66.4 Å². The van der Waals surface area contributed by atoms with Crippen molar-refractivity contribution >= 4 is 81.9 Å². The van der Waals surface area contributed by atoms with Crippen LogP contribution in [0.2, 0.25) is 0 Å². The number of ether oxygens (including phenoxy) is 1. The van der Waals surface area contributed by atoms with Gasteiger partial charge in [0.05, 0.1) is 26.0 Å². The second-order valence-electron chi connectivity index (χ2n) is 13.5. The van der Waals surface area contributed by atoms with Crippen LogP contribution in [0.4, 0.5) is 5.82 Å². The molecule has 0 bridgehead atoms. The standard InChI is InChI=1S/C28H45N8O21P3S/c1-28(2,22(42)25(43)31-5-3-16(37)30-6-8-61-7-4-17(38)35-14(27(44)45)9-18(39)40)11-54-60(51,52)57-59(49,50)53-10-15-21(56-58(46,47)48)20(41)26(55-15)36-13-34-19-23(29)32-12-33-24(19)36/h12-15,20-22,26,41-42H,3-11H2,1-2H3,(H,30,37)(H,31,43)(H,35,38)(H,39,40)(H,44,45)(H,49,50)(H,51,52)(H2,29,32,33)(H2,46,47,48). The molecular weight excluding hydrogens is 909 g/mol. The summed E-state index contributed by atoms with van der Waals surface area (Å²) in [6.45, 7) is 0.230. The first-order chi connectivity index (χ1) is 28.2. The van der Waals surface area contributed by atoms with Crippen LogP contribution >= 0.6 is 35.2 Å². The van der Waals surface area contributed by atoms with Gasteiger partial charge in [-0.25, -0.2) is 33.4 Å². The highest BCUT2D eigenvalue weighted by atomic mass is 32.2. The predicted molar refractivity (Wildman–Crippen MR) is 203 cm³/mol. The molecule has 0 saturated carbocycles. The van der Waals surface area contributed by atoms with Crippen LogP contribution in [0, 0.1) is 5.41 Å². The summed E-state index contributed by atoms with van der Waals surface area (Å²) in [4.78, 5) is 109. The maximum atomic E-state index is 12.7. The van der Waals surface area contributed by atoms with Crippen LogP contribution < -0.4 is 21.7 Å². The summed E-state index contributed by atoms with van der Waals surface area (Å²) in [7, 11) is -16.5. The van der Waals surface area contributed by atoms with E-state index in [1.54, 1.807) is 0 Å². The van der Waals surface area contributed by atoms with Gasteiger partial charge in [0.25, 0.3) is 0 Å². The first-order valence-corrected chi connectivity index (χ1v) is 23.1. The smallest absolute Gasteiger partial charge is 0.481 e. The lowest BCUT2D eigenvalue weighted by atomic mass is 9.87. The van der Waals surface area contributed by atoms with Gasteiger partial charge in [0.2, 0.25) is 17.7 Å². The molecule has 2 aromatic heterocycles. The number of thioether (sulfide) groups is 1. The summed E-state index contributed by atoms with van der Waals surface area (Å²) in [6, 6.07) is -1.57. The maximum absolute atomic E-state index is 12.7. The van der Waals surface area contributed by atoms with Crippen molar-refractivity contribution in [3.63, 3.8) is 0 Å². The summed E-state index contributed by atoms with van der Waals surface area (Å²) in [5.41, 5.74) is 4.17. The Hall–Kier alpha value is -3.70. The van der Waals surface area contributed by atoms with E-state index in [0.29, 0.717) is 5.75 Å². The molecule has 29 nitrogen and oxygen atoms in total. The number of nitrogen functional groups attached to an aromatic ring is 1. The number of aliphatic carboxylic acids is 2. The molecule has 0 aromatic carbocycles. The number of phosphoric acid groups is 3. The van der Waals surface area contributed by atoms with E-state index in [1.165, 1.54) is 25.6 Å². The fraction of sp³-hybridized carbons (Fsp3) is 0.643. The maximum Gasteiger partial charge on any atom is 0.481 e. The minimum Gasteiger partial charge on any atom is -0.481 e. The number of nitrogens with zero attached hydrogens (tertiary/aromatic N) is 4. The van der Waals surface area contributed by atoms with Crippen LogP contribution in [0.25, 0.3) is 11.2 Å². The summed E-state index contributed by atoms with van der Waals surface area (Å²) in [6.07, 6.45) is -8.06. The van der Waals surface area contributed by atoms with Crippen LogP contribution in [0.5, 0.6) is 0 Å². The molecule has 3 amide bonds. The normalized spacial score (nSPS) is 21.2. The first kappa shape index (κ1) is 51.6. The fourth-order valence-corrected chi connectivity index (χ4v) is 8.72. The van der Waals surface area contributed by atoms with Gasteiger partial charge in [-0.1, -0.05) is 13.8 Å². The Labute approximate surface area is 348 Å². The molecule has 0 spiro atoms. The molecule has 1 saturated heterocycles. The third-order valence-corrected chi connectivity index (χ3v) is 12.2. The summed E-state index contributed by atoms with van der Waals surface area (Å²) in [5, 5.41) is 46.1. The van der Waals surface area contributed by atoms with E-state index in [2.05, 4.69) is 39.7 Å². The highest BCUT2D eigenvalue weighted by Gasteiger charge is 2.50. The van der Waals surface area contributed by atoms with Gasteiger partial charge in [-0.3, -0.25) is 37.3 Å². The number of carbonyl (C=O) groups is 5. The van der Waals surface area contributed by atoms with Gasteiger partial charge in [0, 0.05) is 42.9 Å². The highest BCUT2D eigenvalue weighted by Crippen LogP contribution is 2.61. The van der Waals surface area contributed by atoms with Crippen molar-refractivity contribution < 1.29 is 100 Å². The second-order valence-corrected chi connectivity index (χ2v) is 18.9. The number of amides is 3. The number of hydrogen-bond donors (Lipinski definition) is 12. The Morgan fingerprint density at radius 3 is 2.28 bits per heavy atom. The number of fused-ring (bicyclic) bond motifs is 1. The number of anilines is 1. The Morgan fingerprint density at radius 2 is 1.64 bits per heavy atom. The van der Waals surface area contributed by atoms with Gasteiger partial charge in [-0.05, 0) is 0 Å². The average molecular weight is 955 g/mol. The van der Waals surface area contributed by atoms with Crippen LogP contribution in [-0.4, -0.2) is 157 Å². The van der Waals surface area contributed by atoms with Crippen molar-refractivity contribution in [1.29, 1.82) is 0 Å². The van der Waals surface area contributed by atoms with Gasteiger partial charge in [0.15, 0.2) is 17.7 Å². The number of phosphoric ester groups is 3. The summed E-state index contributed by atoms with van der Waals surface area (Å²) < 4.78 is 62.0. The van der Waals surface area contributed by atoms with E-state index in [4.69, 9.17) is 29.7 Å². The topological polar surface area (TPSA) is 450 Å². The average Bonchev–Trinajstić information content (AvgIpc) is 3.70. The third-order valence-electron chi connectivity index (χ3n) is 8.13. The van der Waals surface area contributed by atoms with Crippen molar-refractivity contribution in [1.82, 2.24) is 35.5 Å². The molecule has 0 radical (unpaired) electrons. The molecule has 3 rings (SSSR count). The number of nitrogens with one attached hydrogen (secondary N) is 3. The quantitative estimate of drug-likeness (QED) is 0.0345. The molecule has 344 valence electrons. The van der Waals surface area contributed by atoms with E-state index in [9.17, 15) is 67.5 Å². The zero-order valence-electron chi connectivity index (χ0n) is 32.0. The minimum absolute atomic E-state index is 0.0120. The summed E-state index contributed by atoms with van der Waals surface area (Å²) >= 11 is 1.24. The first-order valence-electron chi connectivity index (χ1n) is 17.4. The molecule has 1 aliphatic rings.